The number of carbonyl (C=O) groups excluding carboxylic acids is 4. The van der Waals surface area contributed by atoms with Gasteiger partial charge in [0, 0.05) is 81.0 Å². The molecule has 2 N–H and O–H groups in total. The van der Waals surface area contributed by atoms with Gasteiger partial charge in [0.1, 0.15) is 137 Å². The second-order valence-corrected chi connectivity index (χ2v) is 28.5. The Hall–Kier alpha value is -13.0. The third-order valence-electron chi connectivity index (χ3n) is 17.5. The predicted molar refractivity (Wildman–Crippen MR) is 418 cm³/mol. The van der Waals surface area contributed by atoms with Crippen LogP contribution in [0.5, 0.6) is 34.5 Å². The Morgan fingerprint density at radius 3 is 1.14 bits per heavy atom. The number of hydrazone groups is 3. The van der Waals surface area contributed by atoms with E-state index in [2.05, 4.69) is 26.6 Å². The molecule has 3 aliphatic rings. The van der Waals surface area contributed by atoms with Crippen LogP contribution in [0.15, 0.2) is 240 Å². The molecule has 3 atom stereocenters. The van der Waals surface area contributed by atoms with Crippen molar-refractivity contribution in [2.75, 3.05) is 21.3 Å². The number of hydrogen-bond donors (Lipinski definition) is 1. The SMILES string of the molecule is C=C(N)c1ccc(COc2cccc(C3SC(c4ccc(F)cc4)=NN3C(=O)c3c(F)cc(F)cc3F)c2OC)cc1.COc1c(OCc2cccc(C(C)=O)c2)cccc1C1SC(c2ccc(F)cc2)=NN1C(=O)c1c(F)cc(F)cc1F.COc1cc(F)c(C(=O)N2N=C(c3ccc(F)cc3)SC2c2ccccc2OC(F)F)c(F)c1. The van der Waals surface area contributed by atoms with Crippen LogP contribution < -0.4 is 34.2 Å². The average Bonchev–Trinajstić information content (AvgIpc) is 1.61. The molecular weight excluding hydrogens is 1620 g/mol. The highest BCUT2D eigenvalue weighted by atomic mass is 32.2. The number of nitrogens with two attached hydrogens (primary N) is 1. The molecule has 3 heterocycles. The van der Waals surface area contributed by atoms with Crippen molar-refractivity contribution < 1.29 is 105 Å². The van der Waals surface area contributed by atoms with Crippen LogP contribution in [-0.2, 0) is 13.2 Å². The highest BCUT2D eigenvalue weighted by molar-refractivity contribution is 8.15. The maximum atomic E-state index is 14.7. The minimum atomic E-state index is -3.15. The number of rotatable bonds is 22. The van der Waals surface area contributed by atoms with Crippen molar-refractivity contribution in [3.8, 4) is 34.5 Å². The number of para-hydroxylation sites is 3. The molecule has 3 unspecified atom stereocenters. The second-order valence-electron chi connectivity index (χ2n) is 25.3. The van der Waals surface area contributed by atoms with Crippen molar-refractivity contribution >= 4 is 79.6 Å². The van der Waals surface area contributed by atoms with E-state index in [1.165, 1.54) is 125 Å². The van der Waals surface area contributed by atoms with Crippen molar-refractivity contribution in [2.45, 2.75) is 42.9 Å². The number of ether oxygens (including phenoxy) is 6. The second kappa shape index (κ2) is 37.3. The van der Waals surface area contributed by atoms with E-state index in [-0.39, 0.29) is 62.7 Å². The fourth-order valence-electron chi connectivity index (χ4n) is 11.9. The summed E-state index contributed by atoms with van der Waals surface area (Å²) < 4.78 is 214. The molecule has 3 aliphatic heterocycles. The summed E-state index contributed by atoms with van der Waals surface area (Å²) in [5.74, 6) is -14.5. The number of Topliss-reactive ketones (excluding diaryl/α,β-unsaturated/α-hetero) is 1. The number of carbonyl (C=O) groups is 4. The lowest BCUT2D eigenvalue weighted by Gasteiger charge is -2.24. The van der Waals surface area contributed by atoms with E-state index >= 15 is 0 Å². The van der Waals surface area contributed by atoms with E-state index in [0.29, 0.717) is 74.8 Å². The van der Waals surface area contributed by atoms with Crippen molar-refractivity contribution in [1.82, 2.24) is 15.0 Å². The minimum absolute atomic E-state index is 0.0880. The smallest absolute Gasteiger partial charge is 0.387 e. The number of methoxy groups -OCH3 is 3. The summed E-state index contributed by atoms with van der Waals surface area (Å²) in [6, 6.07) is 49.1. The van der Waals surface area contributed by atoms with Gasteiger partial charge in [-0.05, 0) is 121 Å². The molecule has 3 amide bonds. The number of amides is 3. The number of hydrogen-bond acceptors (Lipinski definition) is 17. The van der Waals surface area contributed by atoms with Gasteiger partial charge in [-0.1, -0.05) is 127 Å². The zero-order chi connectivity index (χ0) is 84.3. The molecular formula is C85H60F13N7O10S3. The Labute approximate surface area is 676 Å². The Bertz CT molecular complexity index is 5690. The molecule has 0 radical (unpaired) electrons. The highest BCUT2D eigenvalue weighted by Crippen LogP contribution is 2.51. The molecule has 0 saturated heterocycles. The third-order valence-corrected chi connectivity index (χ3v) is 21.2. The Morgan fingerprint density at radius 1 is 0.407 bits per heavy atom. The molecule has 14 rings (SSSR count). The lowest BCUT2D eigenvalue weighted by atomic mass is 10.1. The molecule has 0 fully saturated rings. The molecule has 11 aromatic rings. The maximum absolute atomic E-state index is 14.7. The molecule has 0 aromatic heterocycles. The number of ketones is 1. The largest absolute Gasteiger partial charge is 0.497 e. The van der Waals surface area contributed by atoms with Crippen molar-refractivity contribution in [2.24, 2.45) is 21.0 Å². The minimum Gasteiger partial charge on any atom is -0.497 e. The lowest BCUT2D eigenvalue weighted by molar-refractivity contribution is -0.0507. The van der Waals surface area contributed by atoms with Crippen LogP contribution in [0.25, 0.3) is 5.70 Å². The van der Waals surface area contributed by atoms with Crippen LogP contribution >= 0.6 is 35.3 Å². The molecule has 17 nitrogen and oxygen atoms in total. The molecule has 0 spiro atoms. The van der Waals surface area contributed by atoms with Gasteiger partial charge in [-0.15, -0.1) is 0 Å². The quantitative estimate of drug-likeness (QED) is 0.0497. The summed E-state index contributed by atoms with van der Waals surface area (Å²) in [6.07, 6.45) is 0. The standard InChI is InChI=1S/C31H23F4N3O3S.C31H22F4N2O4S.C23H15F5N2O3S/c1-17(36)19-8-6-18(7-9-19)16-41-26-5-3-4-23(28(26)40-2)31-38(30(39)27-24(34)14-22(33)15-25(27)35)37-29(42-31)20-10-12-21(32)13-11-20;1-17(38)20-6-3-5-18(13-20)16-41-26-8-4-7-23(28(26)40-2)31-37(30(39)27-24(34)14-22(33)15-25(27)35)36-29(42-31)19-9-11-21(32)12-10-19;1-32-14-10-16(25)19(17(26)11-14)21(31)30-22(15-4-2-3-5-18(15)33-23(27)28)34-20(29-30)12-6-8-13(24)9-7-12/h3-15,31H,1,16,36H2,2H3;3-15,31H,16H2,1-2H3;2-11,22-23H,1H3. The zero-order valence-electron chi connectivity index (χ0n) is 61.7. The van der Waals surface area contributed by atoms with Crippen LogP contribution in [-0.4, -0.2) is 81.6 Å². The molecule has 0 bridgehead atoms. The van der Waals surface area contributed by atoms with Crippen LogP contribution in [0.3, 0.4) is 0 Å². The summed E-state index contributed by atoms with van der Waals surface area (Å²) in [7, 11) is 4.02. The van der Waals surface area contributed by atoms with E-state index < -0.39 is 121 Å². The van der Waals surface area contributed by atoms with E-state index in [9.17, 15) is 76.3 Å². The first-order chi connectivity index (χ1) is 56.6. The predicted octanol–water partition coefficient (Wildman–Crippen LogP) is 20.3. The first-order valence-electron chi connectivity index (χ1n) is 34.7. The molecule has 604 valence electrons. The van der Waals surface area contributed by atoms with E-state index in [0.717, 1.165) is 79.1 Å². The van der Waals surface area contributed by atoms with Gasteiger partial charge in [0.15, 0.2) is 28.8 Å². The first kappa shape index (κ1) is 84.4. The van der Waals surface area contributed by atoms with E-state index in [4.69, 9.17) is 29.4 Å². The first-order valence-corrected chi connectivity index (χ1v) is 37.4. The van der Waals surface area contributed by atoms with Crippen LogP contribution in [0.4, 0.5) is 57.1 Å². The number of halogens is 13. The number of alkyl halides is 2. The van der Waals surface area contributed by atoms with E-state index in [1.54, 1.807) is 60.7 Å². The van der Waals surface area contributed by atoms with Gasteiger partial charge in [0.05, 0.1) is 21.3 Å². The van der Waals surface area contributed by atoms with Gasteiger partial charge < -0.3 is 34.2 Å². The lowest BCUT2D eigenvalue weighted by Crippen LogP contribution is -2.28. The molecule has 0 saturated carbocycles. The summed E-state index contributed by atoms with van der Waals surface area (Å²) in [4.78, 5) is 52.1. The van der Waals surface area contributed by atoms with Gasteiger partial charge in [-0.3, -0.25) is 19.2 Å². The third kappa shape index (κ3) is 19.2. The highest BCUT2D eigenvalue weighted by Gasteiger charge is 2.43. The fraction of sp³-hybridized carbons (Fsp3) is 0.118. The fourth-order valence-corrected chi connectivity index (χ4v) is 15.4. The summed E-state index contributed by atoms with van der Waals surface area (Å²) >= 11 is 3.10. The maximum Gasteiger partial charge on any atom is 0.387 e. The molecule has 118 heavy (non-hydrogen) atoms. The monoisotopic (exact) mass is 1680 g/mol. The Balaban J connectivity index is 0.000000164. The van der Waals surface area contributed by atoms with E-state index in [1.807, 2.05) is 24.3 Å². The van der Waals surface area contributed by atoms with Gasteiger partial charge in [-0.2, -0.15) is 24.1 Å². The topological polar surface area (TPSA) is 196 Å². The van der Waals surface area contributed by atoms with Crippen molar-refractivity contribution in [3.05, 3.63) is 361 Å². The van der Waals surface area contributed by atoms with Crippen LogP contribution in [0, 0.1) is 64.0 Å². The van der Waals surface area contributed by atoms with Gasteiger partial charge >= 0.3 is 6.61 Å². The molecule has 11 aromatic carbocycles. The average molecular weight is 1680 g/mol. The van der Waals surface area contributed by atoms with Crippen LogP contribution in [0.2, 0.25) is 0 Å². The van der Waals surface area contributed by atoms with Crippen molar-refractivity contribution in [3.63, 3.8) is 0 Å². The van der Waals surface area contributed by atoms with Gasteiger partial charge in [0.2, 0.25) is 0 Å². The van der Waals surface area contributed by atoms with Gasteiger partial charge in [-0.25, -0.2) is 63.3 Å². The Kier molecular flexibility index (Phi) is 26.7. The number of nitrogens with zero attached hydrogens (tertiary/aromatic N) is 6. The summed E-state index contributed by atoms with van der Waals surface area (Å²) in [5, 5.41) is 13.1. The summed E-state index contributed by atoms with van der Waals surface area (Å²) in [5.41, 5.74) is 8.44. The molecule has 33 heteroatoms. The zero-order valence-corrected chi connectivity index (χ0v) is 64.1. The van der Waals surface area contributed by atoms with Crippen molar-refractivity contribution in [1.29, 1.82) is 0 Å². The number of benzene rings is 11. The molecule has 0 aliphatic carbocycles. The Morgan fingerprint density at radius 2 is 0.763 bits per heavy atom. The van der Waals surface area contributed by atoms with Gasteiger partial charge in [0.25, 0.3) is 17.7 Å². The van der Waals surface area contributed by atoms with Crippen LogP contribution in [0.1, 0.15) is 115 Å². The normalized spacial score (nSPS) is 14.7. The number of thioether (sulfide) groups is 3. The summed E-state index contributed by atoms with van der Waals surface area (Å²) in [6.45, 7) is 2.29.